The van der Waals surface area contributed by atoms with E-state index in [0.717, 1.165) is 11.3 Å². The predicted octanol–water partition coefficient (Wildman–Crippen LogP) is 4.95. The highest BCUT2D eigenvalue weighted by molar-refractivity contribution is 5.81. The Hall–Kier alpha value is -2.49. The van der Waals surface area contributed by atoms with E-state index in [0.29, 0.717) is 25.3 Å². The topological polar surface area (TPSA) is 47.6 Å². The van der Waals surface area contributed by atoms with Crippen LogP contribution in [0.3, 0.4) is 0 Å². The number of rotatable bonds is 8. The molecule has 2 rings (SSSR count). The summed E-state index contributed by atoms with van der Waals surface area (Å²) in [4.78, 5) is 12.4. The molecule has 0 aliphatic carbocycles. The van der Waals surface area contributed by atoms with Gasteiger partial charge in [-0.2, -0.15) is 0 Å². The van der Waals surface area contributed by atoms with Crippen LogP contribution in [0.1, 0.15) is 50.8 Å². The van der Waals surface area contributed by atoms with E-state index < -0.39 is 6.10 Å². The van der Waals surface area contributed by atoms with E-state index in [2.05, 4.69) is 51.2 Å². The van der Waals surface area contributed by atoms with E-state index in [1.807, 2.05) is 38.1 Å². The lowest BCUT2D eigenvalue weighted by molar-refractivity contribution is -0.128. The number of benzene rings is 2. The monoisotopic (exact) mass is 383 g/mol. The minimum absolute atomic E-state index is 0.0930. The Morgan fingerprint density at radius 1 is 1.07 bits per heavy atom. The van der Waals surface area contributed by atoms with E-state index in [-0.39, 0.29) is 11.3 Å². The summed E-state index contributed by atoms with van der Waals surface area (Å²) in [5.41, 5.74) is 3.65. The Morgan fingerprint density at radius 3 is 2.36 bits per heavy atom. The zero-order valence-electron chi connectivity index (χ0n) is 18.0. The highest BCUT2D eigenvalue weighted by Crippen LogP contribution is 2.25. The summed E-state index contributed by atoms with van der Waals surface area (Å²) in [6.07, 6.45) is 0.0891. The lowest BCUT2D eigenvalue weighted by atomic mass is 9.87. The molecule has 0 aliphatic rings. The first kappa shape index (κ1) is 21.8. The van der Waals surface area contributed by atoms with E-state index >= 15 is 0 Å². The second kappa shape index (κ2) is 9.63. The molecule has 2 aromatic rings. The molecule has 0 radical (unpaired) electrons. The van der Waals surface area contributed by atoms with Crippen LogP contribution in [-0.4, -0.2) is 25.2 Å². The molecule has 1 amide bonds. The third-order valence-corrected chi connectivity index (χ3v) is 4.88. The maximum Gasteiger partial charge on any atom is 0.261 e. The van der Waals surface area contributed by atoms with Crippen molar-refractivity contribution in [2.24, 2.45) is 0 Å². The van der Waals surface area contributed by atoms with Gasteiger partial charge < -0.3 is 14.8 Å². The average Bonchev–Trinajstić information content (AvgIpc) is 2.66. The van der Waals surface area contributed by atoms with Gasteiger partial charge in [0, 0.05) is 0 Å². The van der Waals surface area contributed by atoms with Crippen molar-refractivity contribution in [3.8, 4) is 11.5 Å². The van der Waals surface area contributed by atoms with Gasteiger partial charge in [-0.05, 0) is 60.6 Å². The number of ether oxygens (including phenoxy) is 2. The average molecular weight is 384 g/mol. The van der Waals surface area contributed by atoms with Gasteiger partial charge in [0.1, 0.15) is 18.1 Å². The summed E-state index contributed by atoms with van der Waals surface area (Å²) in [5, 5.41) is 2.90. The highest BCUT2D eigenvalue weighted by atomic mass is 16.5. The maximum atomic E-state index is 12.4. The number of carbonyl (C=O) groups excluding carboxylic acids is 1. The normalized spacial score (nSPS) is 12.4. The van der Waals surface area contributed by atoms with Crippen molar-refractivity contribution in [3.05, 3.63) is 59.2 Å². The fourth-order valence-electron chi connectivity index (χ4n) is 2.85. The fraction of sp³-hybridized carbons (Fsp3) is 0.458. The van der Waals surface area contributed by atoms with Gasteiger partial charge >= 0.3 is 0 Å². The summed E-state index contributed by atoms with van der Waals surface area (Å²) in [6.45, 7) is 13.4. The number of aryl methyl sites for hydroxylation is 1. The number of nitrogens with one attached hydrogen (secondary N) is 1. The summed E-state index contributed by atoms with van der Waals surface area (Å²) < 4.78 is 11.7. The van der Waals surface area contributed by atoms with Gasteiger partial charge in [0.15, 0.2) is 6.10 Å². The van der Waals surface area contributed by atoms with Crippen LogP contribution in [0.4, 0.5) is 0 Å². The van der Waals surface area contributed by atoms with Crippen LogP contribution in [0.15, 0.2) is 42.5 Å². The molecule has 0 heterocycles. The molecule has 28 heavy (non-hydrogen) atoms. The summed E-state index contributed by atoms with van der Waals surface area (Å²) in [5.74, 6) is 1.45. The van der Waals surface area contributed by atoms with Gasteiger partial charge in [0.2, 0.25) is 0 Å². The Morgan fingerprint density at radius 2 is 1.75 bits per heavy atom. The number of hydrogen-bond acceptors (Lipinski definition) is 3. The van der Waals surface area contributed by atoms with Crippen LogP contribution < -0.4 is 14.8 Å². The largest absolute Gasteiger partial charge is 0.491 e. The van der Waals surface area contributed by atoms with E-state index in [4.69, 9.17) is 9.47 Å². The first-order valence-electron chi connectivity index (χ1n) is 9.96. The molecule has 1 N–H and O–H groups in total. The number of hydrogen-bond donors (Lipinski definition) is 1. The Balaban J connectivity index is 1.83. The van der Waals surface area contributed by atoms with Crippen LogP contribution in [0.5, 0.6) is 11.5 Å². The Labute approximate surface area is 169 Å². The van der Waals surface area contributed by atoms with Crippen molar-refractivity contribution in [3.63, 3.8) is 0 Å². The number of carbonyl (C=O) groups is 1. The van der Waals surface area contributed by atoms with Crippen molar-refractivity contribution in [2.45, 2.75) is 59.5 Å². The van der Waals surface area contributed by atoms with E-state index in [1.165, 1.54) is 11.1 Å². The SMILES string of the molecule is CCC(Oc1ccc(C(C)(C)C)cc1)C(=O)NCCOc1cccc(C)c1C. The Bertz CT molecular complexity index is 775. The van der Waals surface area contributed by atoms with Crippen molar-refractivity contribution in [1.29, 1.82) is 0 Å². The first-order chi connectivity index (χ1) is 13.2. The second-order valence-corrected chi connectivity index (χ2v) is 8.13. The van der Waals surface area contributed by atoms with Gasteiger partial charge in [-0.3, -0.25) is 4.79 Å². The summed E-state index contributed by atoms with van der Waals surface area (Å²) in [6, 6.07) is 13.9. The molecule has 0 bridgehead atoms. The van der Waals surface area contributed by atoms with Gasteiger partial charge in [0.25, 0.3) is 5.91 Å². The zero-order valence-corrected chi connectivity index (χ0v) is 18.0. The predicted molar refractivity (Wildman–Crippen MR) is 114 cm³/mol. The van der Waals surface area contributed by atoms with Crippen molar-refractivity contribution in [1.82, 2.24) is 5.32 Å². The van der Waals surface area contributed by atoms with E-state index in [1.54, 1.807) is 0 Å². The zero-order chi connectivity index (χ0) is 20.7. The highest BCUT2D eigenvalue weighted by Gasteiger charge is 2.19. The van der Waals surface area contributed by atoms with Crippen LogP contribution >= 0.6 is 0 Å². The quantitative estimate of drug-likeness (QED) is 0.656. The molecule has 152 valence electrons. The molecule has 1 unspecified atom stereocenters. The van der Waals surface area contributed by atoms with Crippen LogP contribution in [0.25, 0.3) is 0 Å². The molecule has 0 saturated carbocycles. The summed E-state index contributed by atoms with van der Waals surface area (Å²) in [7, 11) is 0. The first-order valence-corrected chi connectivity index (χ1v) is 9.96. The maximum absolute atomic E-state index is 12.4. The minimum Gasteiger partial charge on any atom is -0.491 e. The standard InChI is InChI=1S/C24H33NO3/c1-7-21(28-20-13-11-19(12-14-20)24(4,5)6)23(26)25-15-16-27-22-10-8-9-17(2)18(22)3/h8-14,21H,7,15-16H2,1-6H3,(H,25,26). The lowest BCUT2D eigenvalue weighted by Crippen LogP contribution is -2.39. The molecular formula is C24H33NO3. The summed E-state index contributed by atoms with van der Waals surface area (Å²) >= 11 is 0. The Kier molecular flexibility index (Phi) is 7.50. The number of amides is 1. The molecule has 0 spiro atoms. The molecule has 0 aliphatic heterocycles. The van der Waals surface area contributed by atoms with Crippen molar-refractivity contribution >= 4 is 5.91 Å². The van der Waals surface area contributed by atoms with E-state index in [9.17, 15) is 4.79 Å². The van der Waals surface area contributed by atoms with Crippen molar-refractivity contribution < 1.29 is 14.3 Å². The van der Waals surface area contributed by atoms with Crippen LogP contribution in [0.2, 0.25) is 0 Å². The molecule has 4 nitrogen and oxygen atoms in total. The molecule has 0 aromatic heterocycles. The fourth-order valence-corrected chi connectivity index (χ4v) is 2.85. The van der Waals surface area contributed by atoms with Crippen LogP contribution in [0, 0.1) is 13.8 Å². The third kappa shape index (κ3) is 6.01. The van der Waals surface area contributed by atoms with Gasteiger partial charge in [0.05, 0.1) is 6.54 Å². The smallest absolute Gasteiger partial charge is 0.261 e. The molecular weight excluding hydrogens is 350 g/mol. The van der Waals surface area contributed by atoms with Gasteiger partial charge in [-0.1, -0.05) is 52.0 Å². The third-order valence-electron chi connectivity index (χ3n) is 4.88. The molecule has 1 atom stereocenters. The molecule has 4 heteroatoms. The molecule has 0 fully saturated rings. The molecule has 0 saturated heterocycles. The minimum atomic E-state index is -0.513. The lowest BCUT2D eigenvalue weighted by Gasteiger charge is -2.21. The molecule has 2 aromatic carbocycles. The second-order valence-electron chi connectivity index (χ2n) is 8.13. The van der Waals surface area contributed by atoms with Gasteiger partial charge in [-0.25, -0.2) is 0 Å². The van der Waals surface area contributed by atoms with Crippen molar-refractivity contribution in [2.75, 3.05) is 13.2 Å². The van der Waals surface area contributed by atoms with Gasteiger partial charge in [-0.15, -0.1) is 0 Å². The van der Waals surface area contributed by atoms with Crippen LogP contribution in [-0.2, 0) is 10.2 Å².